The summed E-state index contributed by atoms with van der Waals surface area (Å²) in [5.41, 5.74) is 0.629. The van der Waals surface area contributed by atoms with Crippen LogP contribution in [0.15, 0.2) is 45.9 Å². The van der Waals surface area contributed by atoms with Crippen molar-refractivity contribution in [3.05, 3.63) is 57.2 Å². The monoisotopic (exact) mass is 280 g/mol. The van der Waals surface area contributed by atoms with Gasteiger partial charge in [0, 0.05) is 22.9 Å². The highest BCUT2D eigenvalue weighted by molar-refractivity contribution is 9.10. The van der Waals surface area contributed by atoms with Crippen molar-refractivity contribution in [3.8, 4) is 5.75 Å². The van der Waals surface area contributed by atoms with Gasteiger partial charge in [-0.05, 0) is 34.1 Å². The van der Waals surface area contributed by atoms with E-state index in [1.165, 1.54) is 6.07 Å². The van der Waals surface area contributed by atoms with E-state index >= 15 is 0 Å². The number of nitrogens with zero attached hydrogens (tertiary/aromatic N) is 1. The molecule has 0 amide bonds. The Morgan fingerprint density at radius 1 is 1.38 bits per heavy atom. The van der Waals surface area contributed by atoms with Gasteiger partial charge in [-0.25, -0.2) is 0 Å². The van der Waals surface area contributed by atoms with Crippen LogP contribution in [0.25, 0.3) is 0 Å². The summed E-state index contributed by atoms with van der Waals surface area (Å²) in [5.74, 6) is 0.536. The van der Waals surface area contributed by atoms with Crippen LogP contribution in [-0.4, -0.2) is 9.97 Å². The van der Waals surface area contributed by atoms with Crippen molar-refractivity contribution in [3.63, 3.8) is 0 Å². The highest BCUT2D eigenvalue weighted by atomic mass is 79.9. The van der Waals surface area contributed by atoms with E-state index < -0.39 is 0 Å². The first-order valence-electron chi connectivity index (χ1n) is 4.66. The van der Waals surface area contributed by atoms with Crippen molar-refractivity contribution < 1.29 is 4.74 Å². The van der Waals surface area contributed by atoms with E-state index in [4.69, 9.17) is 4.74 Å². The van der Waals surface area contributed by atoms with Crippen LogP contribution in [0.2, 0.25) is 0 Å². The molecule has 0 atom stereocenters. The summed E-state index contributed by atoms with van der Waals surface area (Å²) in [5, 5.41) is 0. The van der Waals surface area contributed by atoms with Crippen LogP contribution in [0.3, 0.4) is 0 Å². The fraction of sp³-hybridized carbons (Fsp3) is 0.0909. The third-order valence-corrected chi connectivity index (χ3v) is 2.39. The van der Waals surface area contributed by atoms with Crippen molar-refractivity contribution >= 4 is 15.9 Å². The Morgan fingerprint density at radius 3 is 2.94 bits per heavy atom. The maximum atomic E-state index is 11.0. The summed E-state index contributed by atoms with van der Waals surface area (Å²) in [7, 11) is 0. The number of aromatic nitrogens is 2. The standard InChI is InChI=1S/C11H9BrN2O2/c12-8-1-2-9(14-6-8)7-16-10-3-4-13-11(15)5-10/h1-6H,7H2,(H,13,15). The maximum absolute atomic E-state index is 11.0. The summed E-state index contributed by atoms with van der Waals surface area (Å²) in [6, 6.07) is 6.85. The van der Waals surface area contributed by atoms with Gasteiger partial charge in [0.2, 0.25) is 0 Å². The molecule has 0 bridgehead atoms. The molecule has 1 N–H and O–H groups in total. The smallest absolute Gasteiger partial charge is 0.251 e. The van der Waals surface area contributed by atoms with Crippen molar-refractivity contribution in [1.29, 1.82) is 0 Å². The van der Waals surface area contributed by atoms with Gasteiger partial charge < -0.3 is 9.72 Å². The van der Waals surface area contributed by atoms with E-state index in [1.807, 2.05) is 12.1 Å². The van der Waals surface area contributed by atoms with Crippen molar-refractivity contribution in [1.82, 2.24) is 9.97 Å². The van der Waals surface area contributed by atoms with Gasteiger partial charge in [-0.2, -0.15) is 0 Å². The minimum absolute atomic E-state index is 0.179. The molecule has 4 nitrogen and oxygen atoms in total. The summed E-state index contributed by atoms with van der Waals surface area (Å²) >= 11 is 3.30. The van der Waals surface area contributed by atoms with E-state index in [0.29, 0.717) is 12.4 Å². The number of pyridine rings is 2. The predicted molar refractivity (Wildman–Crippen MR) is 63.3 cm³/mol. The van der Waals surface area contributed by atoms with Gasteiger partial charge in [-0.3, -0.25) is 9.78 Å². The van der Waals surface area contributed by atoms with Crippen LogP contribution in [0.1, 0.15) is 5.69 Å². The lowest BCUT2D eigenvalue weighted by atomic mass is 10.4. The van der Waals surface area contributed by atoms with Crippen molar-refractivity contribution in [2.45, 2.75) is 6.61 Å². The zero-order valence-electron chi connectivity index (χ0n) is 8.31. The lowest BCUT2D eigenvalue weighted by Crippen LogP contribution is -2.04. The zero-order chi connectivity index (χ0) is 11.4. The fourth-order valence-electron chi connectivity index (χ4n) is 1.16. The Balaban J connectivity index is 2.02. The lowest BCUT2D eigenvalue weighted by molar-refractivity contribution is 0.300. The number of hydrogen-bond donors (Lipinski definition) is 1. The average Bonchev–Trinajstić information content (AvgIpc) is 2.28. The minimum atomic E-state index is -0.179. The molecule has 2 aromatic heterocycles. The molecule has 0 radical (unpaired) electrons. The van der Waals surface area contributed by atoms with E-state index in [9.17, 15) is 4.79 Å². The van der Waals surface area contributed by atoms with Gasteiger partial charge in [0.25, 0.3) is 5.56 Å². The van der Waals surface area contributed by atoms with Crippen molar-refractivity contribution in [2.75, 3.05) is 0 Å². The summed E-state index contributed by atoms with van der Waals surface area (Å²) in [6.45, 7) is 0.344. The molecule has 0 saturated carbocycles. The highest BCUT2D eigenvalue weighted by Gasteiger charge is 1.97. The summed E-state index contributed by atoms with van der Waals surface area (Å²) in [6.07, 6.45) is 3.25. The van der Waals surface area contributed by atoms with Crippen LogP contribution in [0.4, 0.5) is 0 Å². The minimum Gasteiger partial charge on any atom is -0.487 e. The lowest BCUT2D eigenvalue weighted by Gasteiger charge is -2.04. The summed E-state index contributed by atoms with van der Waals surface area (Å²) < 4.78 is 6.34. The largest absolute Gasteiger partial charge is 0.487 e. The second-order valence-corrected chi connectivity index (χ2v) is 4.06. The first-order chi connectivity index (χ1) is 7.74. The predicted octanol–water partition coefficient (Wildman–Crippen LogP) is 2.11. The first kappa shape index (κ1) is 10.9. The van der Waals surface area contributed by atoms with Gasteiger partial charge >= 0.3 is 0 Å². The maximum Gasteiger partial charge on any atom is 0.251 e. The van der Waals surface area contributed by atoms with Gasteiger partial charge in [-0.15, -0.1) is 0 Å². The van der Waals surface area contributed by atoms with Gasteiger partial charge in [0.1, 0.15) is 12.4 Å². The van der Waals surface area contributed by atoms with E-state index in [-0.39, 0.29) is 5.56 Å². The van der Waals surface area contributed by atoms with E-state index in [0.717, 1.165) is 10.2 Å². The molecular weight excluding hydrogens is 272 g/mol. The molecule has 0 fully saturated rings. The third kappa shape index (κ3) is 2.93. The molecule has 16 heavy (non-hydrogen) atoms. The molecule has 2 rings (SSSR count). The number of rotatable bonds is 3. The second kappa shape index (κ2) is 4.94. The number of aromatic amines is 1. The van der Waals surface area contributed by atoms with E-state index in [2.05, 4.69) is 25.9 Å². The number of halogens is 1. The Labute approximate surface area is 100 Å². The van der Waals surface area contributed by atoms with Crippen LogP contribution >= 0.6 is 15.9 Å². The Bertz CT molecular complexity index is 522. The van der Waals surface area contributed by atoms with Crippen LogP contribution in [0.5, 0.6) is 5.75 Å². The van der Waals surface area contributed by atoms with Crippen LogP contribution in [0, 0.1) is 0 Å². The molecule has 0 spiro atoms. The Morgan fingerprint density at radius 2 is 2.25 bits per heavy atom. The van der Waals surface area contributed by atoms with Gasteiger partial charge in [0.15, 0.2) is 0 Å². The number of hydrogen-bond acceptors (Lipinski definition) is 3. The second-order valence-electron chi connectivity index (χ2n) is 3.15. The fourth-order valence-corrected chi connectivity index (χ4v) is 1.40. The molecule has 2 aromatic rings. The molecule has 5 heteroatoms. The molecule has 0 aromatic carbocycles. The topological polar surface area (TPSA) is 55.0 Å². The first-order valence-corrected chi connectivity index (χ1v) is 5.45. The Kier molecular flexibility index (Phi) is 3.36. The highest BCUT2D eigenvalue weighted by Crippen LogP contribution is 2.10. The molecule has 2 heterocycles. The third-order valence-electron chi connectivity index (χ3n) is 1.92. The molecular formula is C11H9BrN2O2. The number of ether oxygens (including phenoxy) is 1. The van der Waals surface area contributed by atoms with Gasteiger partial charge in [0.05, 0.1) is 5.69 Å². The molecule has 0 saturated heterocycles. The Hall–Kier alpha value is -1.62. The normalized spacial score (nSPS) is 10.1. The quantitative estimate of drug-likeness (QED) is 0.937. The molecule has 0 aliphatic rings. The summed E-state index contributed by atoms with van der Waals surface area (Å²) in [4.78, 5) is 17.7. The molecule has 0 aliphatic heterocycles. The van der Waals surface area contributed by atoms with Gasteiger partial charge in [-0.1, -0.05) is 0 Å². The van der Waals surface area contributed by atoms with Crippen molar-refractivity contribution in [2.24, 2.45) is 0 Å². The van der Waals surface area contributed by atoms with E-state index in [1.54, 1.807) is 18.5 Å². The van der Waals surface area contributed by atoms with Crippen LogP contribution < -0.4 is 10.3 Å². The number of nitrogens with one attached hydrogen (secondary N) is 1. The zero-order valence-corrected chi connectivity index (χ0v) is 9.90. The number of H-pyrrole nitrogens is 1. The SMILES string of the molecule is O=c1cc(OCc2ccc(Br)cn2)cc[nH]1. The molecule has 82 valence electrons. The molecule has 0 unspecified atom stereocenters. The molecule has 0 aliphatic carbocycles. The van der Waals surface area contributed by atoms with Crippen LogP contribution in [-0.2, 0) is 6.61 Å². The average molecular weight is 281 g/mol.